The molecule has 0 fully saturated rings. The maximum absolute atomic E-state index is 12.2. The minimum absolute atomic E-state index is 0.318. The molecule has 0 bridgehead atoms. The molecule has 0 atom stereocenters. The van der Waals surface area contributed by atoms with Gasteiger partial charge >= 0.3 is 6.18 Å². The van der Waals surface area contributed by atoms with E-state index in [1.165, 1.54) is 0 Å². The molecule has 0 aliphatic carbocycles. The Morgan fingerprint density at radius 3 is 2.12 bits per heavy atom. The Bertz CT molecular complexity index is 503. The Labute approximate surface area is 95.3 Å². The van der Waals surface area contributed by atoms with Gasteiger partial charge in [0.25, 0.3) is 5.82 Å². The van der Waals surface area contributed by atoms with Crippen molar-refractivity contribution < 1.29 is 13.2 Å². The average molecular weight is 239 g/mol. The normalized spacial score (nSPS) is 11.5. The Hall–Kier alpha value is -1.98. The van der Waals surface area contributed by atoms with Crippen LogP contribution >= 0.6 is 0 Å². The van der Waals surface area contributed by atoms with E-state index in [0.717, 1.165) is 11.8 Å². The van der Waals surface area contributed by atoms with Crippen LogP contribution in [0.5, 0.6) is 0 Å². The van der Waals surface area contributed by atoms with Crippen LogP contribution in [-0.2, 0) is 6.18 Å². The highest BCUT2D eigenvalue weighted by Gasteiger charge is 2.35. The number of hydrogen-bond donors (Lipinski definition) is 0. The number of aryl methyl sites for hydroxylation is 1. The monoisotopic (exact) mass is 239 g/mol. The van der Waals surface area contributed by atoms with Crippen LogP contribution in [0.2, 0.25) is 0 Å². The third kappa shape index (κ3) is 2.58. The number of aromatic nitrogens is 3. The summed E-state index contributed by atoms with van der Waals surface area (Å²) in [4.78, 5) is 3.25. The summed E-state index contributed by atoms with van der Waals surface area (Å²) in [6.45, 7) is 1.92. The quantitative estimate of drug-likeness (QED) is 0.768. The lowest BCUT2D eigenvalue weighted by Crippen LogP contribution is -2.12. The van der Waals surface area contributed by atoms with Gasteiger partial charge in [-0.3, -0.25) is 0 Å². The van der Waals surface area contributed by atoms with E-state index in [0.29, 0.717) is 11.3 Å². The second-order valence-corrected chi connectivity index (χ2v) is 3.53. The number of rotatable bonds is 1. The van der Waals surface area contributed by atoms with Crippen molar-refractivity contribution >= 4 is 0 Å². The zero-order valence-corrected chi connectivity index (χ0v) is 8.86. The number of nitrogens with zero attached hydrogens (tertiary/aromatic N) is 3. The predicted octanol–water partition coefficient (Wildman–Crippen LogP) is 2.87. The maximum atomic E-state index is 12.2. The van der Waals surface area contributed by atoms with Crippen LogP contribution in [0, 0.1) is 6.92 Å². The Morgan fingerprint density at radius 2 is 1.65 bits per heavy atom. The van der Waals surface area contributed by atoms with E-state index in [-0.39, 0.29) is 0 Å². The van der Waals surface area contributed by atoms with E-state index >= 15 is 0 Å². The minimum atomic E-state index is -4.56. The van der Waals surface area contributed by atoms with Gasteiger partial charge in [0.05, 0.1) is 6.20 Å². The van der Waals surface area contributed by atoms with Crippen LogP contribution in [0.25, 0.3) is 11.3 Å². The first kappa shape index (κ1) is 11.5. The van der Waals surface area contributed by atoms with Crippen molar-refractivity contribution in [1.82, 2.24) is 15.2 Å². The summed E-state index contributed by atoms with van der Waals surface area (Å²) in [5.74, 6) is -1.23. The SMILES string of the molecule is Cc1ccc(-c2cnc(C(F)(F)F)nn2)cc1. The smallest absolute Gasteiger partial charge is 0.229 e. The van der Waals surface area contributed by atoms with Crippen LogP contribution in [0.15, 0.2) is 30.5 Å². The molecule has 17 heavy (non-hydrogen) atoms. The number of alkyl halides is 3. The lowest BCUT2D eigenvalue weighted by atomic mass is 10.1. The molecule has 0 saturated carbocycles. The van der Waals surface area contributed by atoms with Crippen LogP contribution in [0.4, 0.5) is 13.2 Å². The molecular formula is C11H8F3N3. The molecule has 88 valence electrons. The third-order valence-electron chi connectivity index (χ3n) is 2.16. The molecule has 0 saturated heterocycles. The first-order valence-corrected chi connectivity index (χ1v) is 4.81. The fourth-order valence-electron chi connectivity index (χ4n) is 1.26. The van der Waals surface area contributed by atoms with Crippen molar-refractivity contribution in [1.29, 1.82) is 0 Å². The van der Waals surface area contributed by atoms with Gasteiger partial charge in [-0.05, 0) is 6.92 Å². The van der Waals surface area contributed by atoms with Crippen molar-refractivity contribution in [2.75, 3.05) is 0 Å². The number of halogens is 3. The Balaban J connectivity index is 2.33. The van der Waals surface area contributed by atoms with E-state index in [1.54, 1.807) is 12.1 Å². The third-order valence-corrected chi connectivity index (χ3v) is 2.16. The van der Waals surface area contributed by atoms with Crippen molar-refractivity contribution in [2.45, 2.75) is 13.1 Å². The molecule has 0 aliphatic heterocycles. The van der Waals surface area contributed by atoms with Crippen molar-refractivity contribution in [3.8, 4) is 11.3 Å². The van der Waals surface area contributed by atoms with Gasteiger partial charge in [-0.2, -0.15) is 13.2 Å². The highest BCUT2D eigenvalue weighted by atomic mass is 19.4. The summed E-state index contributed by atoms with van der Waals surface area (Å²) in [5, 5.41) is 6.58. The summed E-state index contributed by atoms with van der Waals surface area (Å²) >= 11 is 0. The van der Waals surface area contributed by atoms with Crippen LogP contribution in [-0.4, -0.2) is 15.2 Å². The molecule has 6 heteroatoms. The van der Waals surface area contributed by atoms with E-state index in [2.05, 4.69) is 15.2 Å². The van der Waals surface area contributed by atoms with Gasteiger partial charge < -0.3 is 0 Å². The zero-order chi connectivity index (χ0) is 12.5. The second kappa shape index (κ2) is 4.12. The Kier molecular flexibility index (Phi) is 2.79. The first-order valence-electron chi connectivity index (χ1n) is 4.81. The van der Waals surface area contributed by atoms with Gasteiger partial charge in [0.1, 0.15) is 5.69 Å². The summed E-state index contributed by atoms with van der Waals surface area (Å²) in [6, 6.07) is 7.20. The lowest BCUT2D eigenvalue weighted by molar-refractivity contribution is -0.145. The van der Waals surface area contributed by atoms with Crippen LogP contribution in [0.3, 0.4) is 0 Å². The summed E-state index contributed by atoms with van der Waals surface area (Å²) in [7, 11) is 0. The molecule has 2 aromatic rings. The summed E-state index contributed by atoms with van der Waals surface area (Å²) < 4.78 is 36.6. The average Bonchev–Trinajstić information content (AvgIpc) is 2.29. The molecular weight excluding hydrogens is 231 g/mol. The molecule has 2 rings (SSSR count). The first-order chi connectivity index (χ1) is 7.97. The molecule has 0 radical (unpaired) electrons. The fourth-order valence-corrected chi connectivity index (χ4v) is 1.26. The summed E-state index contributed by atoms with van der Waals surface area (Å²) in [6.07, 6.45) is -3.49. The Morgan fingerprint density at radius 1 is 1.00 bits per heavy atom. The molecule has 1 aromatic carbocycles. The topological polar surface area (TPSA) is 38.7 Å². The van der Waals surface area contributed by atoms with Gasteiger partial charge in [-0.15, -0.1) is 10.2 Å². The van der Waals surface area contributed by atoms with Crippen LogP contribution < -0.4 is 0 Å². The van der Waals surface area contributed by atoms with Gasteiger partial charge in [0.15, 0.2) is 0 Å². The lowest BCUT2D eigenvalue weighted by Gasteiger charge is -2.04. The highest BCUT2D eigenvalue weighted by molar-refractivity contribution is 5.57. The summed E-state index contributed by atoms with van der Waals surface area (Å²) in [5.41, 5.74) is 2.06. The molecule has 0 spiro atoms. The molecule has 3 nitrogen and oxygen atoms in total. The van der Waals surface area contributed by atoms with E-state index in [1.807, 2.05) is 19.1 Å². The van der Waals surface area contributed by atoms with E-state index in [9.17, 15) is 13.2 Å². The van der Waals surface area contributed by atoms with Crippen molar-refractivity contribution in [2.24, 2.45) is 0 Å². The van der Waals surface area contributed by atoms with Gasteiger partial charge in [-0.1, -0.05) is 29.8 Å². The van der Waals surface area contributed by atoms with Crippen molar-refractivity contribution in [3.63, 3.8) is 0 Å². The van der Waals surface area contributed by atoms with E-state index < -0.39 is 12.0 Å². The highest BCUT2D eigenvalue weighted by Crippen LogP contribution is 2.25. The maximum Gasteiger partial charge on any atom is 0.453 e. The standard InChI is InChI=1S/C11H8F3N3/c1-7-2-4-8(5-3-7)9-6-15-10(17-16-9)11(12,13)14/h2-6H,1H3. The molecule has 0 aliphatic rings. The van der Waals surface area contributed by atoms with Crippen molar-refractivity contribution in [3.05, 3.63) is 41.9 Å². The van der Waals surface area contributed by atoms with Crippen LogP contribution in [0.1, 0.15) is 11.4 Å². The second-order valence-electron chi connectivity index (χ2n) is 3.53. The van der Waals surface area contributed by atoms with Gasteiger partial charge in [0, 0.05) is 5.56 Å². The molecule has 1 aromatic heterocycles. The molecule has 1 heterocycles. The largest absolute Gasteiger partial charge is 0.453 e. The number of hydrogen-bond acceptors (Lipinski definition) is 3. The number of benzene rings is 1. The zero-order valence-electron chi connectivity index (χ0n) is 8.86. The predicted molar refractivity (Wildman–Crippen MR) is 55.0 cm³/mol. The molecule has 0 amide bonds. The van der Waals surface area contributed by atoms with E-state index in [4.69, 9.17) is 0 Å². The van der Waals surface area contributed by atoms with Gasteiger partial charge in [0.2, 0.25) is 0 Å². The minimum Gasteiger partial charge on any atom is -0.229 e. The molecule has 0 unspecified atom stereocenters. The fraction of sp³-hybridized carbons (Fsp3) is 0.182. The van der Waals surface area contributed by atoms with Gasteiger partial charge in [-0.25, -0.2) is 4.98 Å². The molecule has 0 N–H and O–H groups in total.